The lowest BCUT2D eigenvalue weighted by Crippen LogP contribution is -2.07. The lowest BCUT2D eigenvalue weighted by molar-refractivity contribution is 0.381. The Morgan fingerprint density at radius 3 is 1.81 bits per heavy atom. The van der Waals surface area contributed by atoms with Crippen molar-refractivity contribution in [3.05, 3.63) is 65.0 Å². The van der Waals surface area contributed by atoms with Gasteiger partial charge in [0.1, 0.15) is 5.69 Å². The molecule has 2 aromatic carbocycles. The molecule has 0 spiro atoms. The average Bonchev–Trinajstić information content (AvgIpc) is 2.51. The lowest BCUT2D eigenvalue weighted by atomic mass is 10.2. The van der Waals surface area contributed by atoms with Crippen molar-refractivity contribution < 1.29 is 22.0 Å². The zero-order valence-electron chi connectivity index (χ0n) is 10.1. The first kappa shape index (κ1) is 15.2. The second-order valence-electron chi connectivity index (χ2n) is 3.83. The maximum Gasteiger partial charge on any atom is 0.200 e. The van der Waals surface area contributed by atoms with Crippen LogP contribution in [-0.4, -0.2) is 5.17 Å². The van der Waals surface area contributed by atoms with Crippen molar-refractivity contribution in [3.8, 4) is 0 Å². The molecule has 2 nitrogen and oxygen atoms in total. The highest BCUT2D eigenvalue weighted by molar-refractivity contribution is 6.69. The van der Waals surface area contributed by atoms with Gasteiger partial charge >= 0.3 is 0 Å². The first-order chi connectivity index (χ1) is 9.93. The highest BCUT2D eigenvalue weighted by Crippen LogP contribution is 2.27. The number of hydrogen-bond acceptors (Lipinski definition) is 2. The zero-order chi connectivity index (χ0) is 15.6. The Bertz CT molecular complexity index is 674. The largest absolute Gasteiger partial charge is 0.271 e. The molecule has 2 aromatic rings. The summed E-state index contributed by atoms with van der Waals surface area (Å²) in [5.74, 6) is -10.4. The number of hydrogen-bond donors (Lipinski definition) is 1. The SMILES string of the molecule is Fc1c(F)c(F)c(N/N=C(/Cl)c2ccccc2)c(F)c1F. The molecule has 0 aliphatic carbocycles. The van der Waals surface area contributed by atoms with E-state index in [1.165, 1.54) is 0 Å². The molecule has 2 rings (SSSR count). The summed E-state index contributed by atoms with van der Waals surface area (Å²) in [5, 5.41) is 3.19. The van der Waals surface area contributed by atoms with Crippen LogP contribution in [0.3, 0.4) is 0 Å². The van der Waals surface area contributed by atoms with Gasteiger partial charge < -0.3 is 0 Å². The van der Waals surface area contributed by atoms with Crippen molar-refractivity contribution >= 4 is 22.5 Å². The molecule has 21 heavy (non-hydrogen) atoms. The standard InChI is InChI=1S/C13H6ClF5N2/c14-13(6-4-2-1-3-5-6)21-20-12-10(18)8(16)7(15)9(17)11(12)19/h1-5,20H/b21-13+. The maximum absolute atomic E-state index is 13.4. The summed E-state index contributed by atoms with van der Waals surface area (Å²) < 4.78 is 65.5. The van der Waals surface area contributed by atoms with Crippen molar-refractivity contribution in [2.24, 2.45) is 5.10 Å². The lowest BCUT2D eigenvalue weighted by Gasteiger charge is -2.07. The van der Waals surface area contributed by atoms with Crippen LogP contribution in [0.4, 0.5) is 27.6 Å². The van der Waals surface area contributed by atoms with Gasteiger partial charge in [-0.05, 0) is 0 Å². The van der Waals surface area contributed by atoms with Gasteiger partial charge in [0.05, 0.1) is 0 Å². The fourth-order valence-electron chi connectivity index (χ4n) is 1.45. The van der Waals surface area contributed by atoms with Crippen LogP contribution < -0.4 is 5.43 Å². The van der Waals surface area contributed by atoms with Crippen molar-refractivity contribution in [3.63, 3.8) is 0 Å². The molecular formula is C13H6ClF5N2. The number of halogens is 6. The maximum atomic E-state index is 13.4. The Labute approximate surface area is 120 Å². The van der Waals surface area contributed by atoms with Crippen LogP contribution in [0, 0.1) is 29.1 Å². The summed E-state index contributed by atoms with van der Waals surface area (Å²) in [6, 6.07) is 8.06. The van der Waals surface area contributed by atoms with Crippen molar-refractivity contribution in [2.75, 3.05) is 5.43 Å². The van der Waals surface area contributed by atoms with Crippen LogP contribution in [0.2, 0.25) is 0 Å². The second kappa shape index (κ2) is 6.09. The summed E-state index contributed by atoms with van der Waals surface area (Å²) in [4.78, 5) is 0. The normalized spacial score (nSPS) is 11.6. The minimum Gasteiger partial charge on any atom is -0.271 e. The number of hydrazone groups is 1. The molecule has 0 fully saturated rings. The van der Waals surface area contributed by atoms with E-state index in [0.717, 1.165) is 0 Å². The smallest absolute Gasteiger partial charge is 0.200 e. The Morgan fingerprint density at radius 2 is 1.29 bits per heavy atom. The van der Waals surface area contributed by atoms with E-state index in [2.05, 4.69) is 5.10 Å². The van der Waals surface area contributed by atoms with Gasteiger partial charge in [-0.25, -0.2) is 22.0 Å². The molecule has 0 unspecified atom stereocenters. The predicted octanol–water partition coefficient (Wildman–Crippen LogP) is 4.39. The third kappa shape index (κ3) is 2.97. The topological polar surface area (TPSA) is 24.4 Å². The van der Waals surface area contributed by atoms with E-state index in [0.29, 0.717) is 5.56 Å². The third-order valence-electron chi connectivity index (χ3n) is 2.49. The van der Waals surface area contributed by atoms with Gasteiger partial charge in [0.25, 0.3) is 0 Å². The van der Waals surface area contributed by atoms with E-state index in [4.69, 9.17) is 11.6 Å². The van der Waals surface area contributed by atoms with Crippen molar-refractivity contribution in [2.45, 2.75) is 0 Å². The van der Waals surface area contributed by atoms with Crippen LogP contribution in [0.15, 0.2) is 35.4 Å². The number of rotatable bonds is 3. The predicted molar refractivity (Wildman–Crippen MR) is 68.7 cm³/mol. The van der Waals surface area contributed by atoms with Gasteiger partial charge in [0.15, 0.2) is 28.4 Å². The fraction of sp³-hybridized carbons (Fsp3) is 0. The van der Waals surface area contributed by atoms with Crippen LogP contribution in [0.25, 0.3) is 0 Å². The van der Waals surface area contributed by atoms with Crippen LogP contribution in [0.5, 0.6) is 0 Å². The molecule has 0 atom stereocenters. The van der Waals surface area contributed by atoms with Gasteiger partial charge in [-0.1, -0.05) is 41.9 Å². The van der Waals surface area contributed by atoms with Crippen molar-refractivity contribution in [1.82, 2.24) is 0 Å². The second-order valence-corrected chi connectivity index (χ2v) is 4.18. The molecule has 110 valence electrons. The minimum absolute atomic E-state index is 0.209. The van der Waals surface area contributed by atoms with Crippen LogP contribution >= 0.6 is 11.6 Å². The zero-order valence-corrected chi connectivity index (χ0v) is 10.9. The Kier molecular flexibility index (Phi) is 4.42. The highest BCUT2D eigenvalue weighted by atomic mass is 35.5. The first-order valence-corrected chi connectivity index (χ1v) is 5.87. The fourth-order valence-corrected chi connectivity index (χ4v) is 1.62. The monoisotopic (exact) mass is 320 g/mol. The number of nitrogens with one attached hydrogen (secondary N) is 1. The Morgan fingerprint density at radius 1 is 0.810 bits per heavy atom. The van der Waals surface area contributed by atoms with Crippen LogP contribution in [-0.2, 0) is 0 Å². The Hall–Kier alpha value is -2.15. The molecule has 0 saturated carbocycles. The third-order valence-corrected chi connectivity index (χ3v) is 2.79. The van der Waals surface area contributed by atoms with E-state index >= 15 is 0 Å². The molecule has 1 N–H and O–H groups in total. The number of benzene rings is 2. The van der Waals surface area contributed by atoms with Gasteiger partial charge in [-0.2, -0.15) is 5.10 Å². The van der Waals surface area contributed by atoms with E-state index in [-0.39, 0.29) is 5.17 Å². The van der Waals surface area contributed by atoms with Crippen molar-refractivity contribution in [1.29, 1.82) is 0 Å². The van der Waals surface area contributed by atoms with E-state index < -0.39 is 34.8 Å². The molecule has 0 bridgehead atoms. The summed E-state index contributed by atoms with van der Waals surface area (Å²) in [6.07, 6.45) is 0. The summed E-state index contributed by atoms with van der Waals surface area (Å²) in [5.41, 5.74) is 0.869. The molecule has 0 heterocycles. The molecule has 0 saturated heterocycles. The number of anilines is 1. The Balaban J connectivity index is 2.37. The van der Waals surface area contributed by atoms with Gasteiger partial charge in [0.2, 0.25) is 5.82 Å². The molecule has 0 amide bonds. The quantitative estimate of drug-likeness (QED) is 0.293. The summed E-state index contributed by atoms with van der Waals surface area (Å²) >= 11 is 5.75. The van der Waals surface area contributed by atoms with Gasteiger partial charge in [0, 0.05) is 5.56 Å². The van der Waals surface area contributed by atoms with E-state index in [9.17, 15) is 22.0 Å². The van der Waals surface area contributed by atoms with E-state index in [1.54, 1.807) is 35.8 Å². The first-order valence-electron chi connectivity index (χ1n) is 5.49. The average molecular weight is 321 g/mol. The van der Waals surface area contributed by atoms with Gasteiger partial charge in [-0.3, -0.25) is 5.43 Å². The number of nitrogens with zero attached hydrogens (tertiary/aromatic N) is 1. The molecule has 0 aromatic heterocycles. The summed E-state index contributed by atoms with van der Waals surface area (Å²) in [7, 11) is 0. The molecule has 8 heteroatoms. The molecule has 0 aliphatic heterocycles. The van der Waals surface area contributed by atoms with Crippen LogP contribution in [0.1, 0.15) is 5.56 Å². The molecule has 0 aliphatic rings. The van der Waals surface area contributed by atoms with E-state index in [1.807, 2.05) is 0 Å². The summed E-state index contributed by atoms with van der Waals surface area (Å²) in [6.45, 7) is 0. The van der Waals surface area contributed by atoms with Gasteiger partial charge in [-0.15, -0.1) is 0 Å². The highest BCUT2D eigenvalue weighted by Gasteiger charge is 2.25. The minimum atomic E-state index is -2.24. The molecule has 0 radical (unpaired) electrons. The molecular weight excluding hydrogens is 315 g/mol.